The number of H-pyrrole nitrogens is 1. The number of amides is 1. The predicted octanol–water partition coefficient (Wildman–Crippen LogP) is 4.81. The number of aromatic amines is 1. The summed E-state index contributed by atoms with van der Waals surface area (Å²) in [5, 5.41) is 14.5. The second-order valence-electron chi connectivity index (χ2n) is 5.37. The normalized spacial score (nSPS) is 10.8. The monoisotopic (exact) mass is 352 g/mol. The van der Waals surface area contributed by atoms with Gasteiger partial charge in [-0.15, -0.1) is 0 Å². The summed E-state index contributed by atoms with van der Waals surface area (Å²) in [6.07, 6.45) is 1.45. The van der Waals surface area contributed by atoms with Gasteiger partial charge in [0.15, 0.2) is 11.6 Å². The lowest BCUT2D eigenvalue weighted by Crippen LogP contribution is -2.11. The minimum Gasteiger partial charge on any atom is -0.459 e. The Labute approximate surface area is 147 Å². The summed E-state index contributed by atoms with van der Waals surface area (Å²) in [5.41, 5.74) is 2.45. The maximum absolute atomic E-state index is 12.1. The summed E-state index contributed by atoms with van der Waals surface area (Å²) in [7, 11) is 0. The van der Waals surface area contributed by atoms with E-state index in [4.69, 9.17) is 16.0 Å². The van der Waals surface area contributed by atoms with Gasteiger partial charge in [0, 0.05) is 11.1 Å². The molecule has 2 heterocycles. The lowest BCUT2D eigenvalue weighted by molar-refractivity contribution is 0.0996. The van der Waals surface area contributed by atoms with Crippen LogP contribution in [0.2, 0.25) is 5.02 Å². The summed E-state index contributed by atoms with van der Waals surface area (Å²) < 4.78 is 5.08. The molecule has 0 atom stereocenters. The molecule has 2 aromatic heterocycles. The summed E-state index contributed by atoms with van der Waals surface area (Å²) in [4.78, 5) is 12.1. The van der Waals surface area contributed by atoms with Gasteiger partial charge < -0.3 is 15.1 Å². The van der Waals surface area contributed by atoms with Crippen LogP contribution in [0.25, 0.3) is 10.9 Å². The molecule has 1 amide bonds. The van der Waals surface area contributed by atoms with Gasteiger partial charge in [0.1, 0.15) is 0 Å². The van der Waals surface area contributed by atoms with Crippen LogP contribution < -0.4 is 10.6 Å². The average molecular weight is 353 g/mol. The van der Waals surface area contributed by atoms with Crippen molar-refractivity contribution in [1.29, 1.82) is 0 Å². The van der Waals surface area contributed by atoms with Crippen molar-refractivity contribution in [2.45, 2.75) is 0 Å². The highest BCUT2D eigenvalue weighted by atomic mass is 35.5. The van der Waals surface area contributed by atoms with Gasteiger partial charge in [0.2, 0.25) is 0 Å². The lowest BCUT2D eigenvalue weighted by Gasteiger charge is -2.08. The first-order valence-corrected chi connectivity index (χ1v) is 7.93. The van der Waals surface area contributed by atoms with Crippen LogP contribution in [-0.2, 0) is 0 Å². The van der Waals surface area contributed by atoms with Crippen LogP contribution in [0.15, 0.2) is 65.3 Å². The van der Waals surface area contributed by atoms with Gasteiger partial charge in [-0.3, -0.25) is 9.89 Å². The molecule has 7 heteroatoms. The van der Waals surface area contributed by atoms with Crippen molar-refractivity contribution < 1.29 is 9.21 Å². The van der Waals surface area contributed by atoms with Crippen LogP contribution in [0.1, 0.15) is 10.6 Å². The van der Waals surface area contributed by atoms with E-state index in [-0.39, 0.29) is 11.7 Å². The highest BCUT2D eigenvalue weighted by Crippen LogP contribution is 2.28. The Morgan fingerprint density at radius 3 is 2.80 bits per heavy atom. The van der Waals surface area contributed by atoms with Crippen LogP contribution in [0, 0.1) is 0 Å². The zero-order valence-corrected chi connectivity index (χ0v) is 13.7. The van der Waals surface area contributed by atoms with E-state index in [2.05, 4.69) is 20.8 Å². The van der Waals surface area contributed by atoms with Gasteiger partial charge in [-0.2, -0.15) is 5.10 Å². The molecule has 0 bridgehead atoms. The molecule has 6 nitrogen and oxygen atoms in total. The molecule has 4 aromatic rings. The van der Waals surface area contributed by atoms with Crippen molar-refractivity contribution in [1.82, 2.24) is 10.2 Å². The zero-order valence-electron chi connectivity index (χ0n) is 12.9. The molecule has 0 aliphatic carbocycles. The number of nitrogens with one attached hydrogen (secondary N) is 3. The lowest BCUT2D eigenvalue weighted by atomic mass is 10.2. The third-order valence-electron chi connectivity index (χ3n) is 3.69. The number of benzene rings is 2. The quantitative estimate of drug-likeness (QED) is 0.492. The molecule has 25 heavy (non-hydrogen) atoms. The Morgan fingerprint density at radius 2 is 2.00 bits per heavy atom. The van der Waals surface area contributed by atoms with Crippen molar-refractivity contribution in [2.24, 2.45) is 0 Å². The van der Waals surface area contributed by atoms with Gasteiger partial charge in [-0.1, -0.05) is 23.7 Å². The van der Waals surface area contributed by atoms with Crippen LogP contribution >= 0.6 is 11.6 Å². The molecule has 124 valence electrons. The van der Waals surface area contributed by atoms with Crippen LogP contribution in [0.4, 0.5) is 17.2 Å². The molecule has 0 saturated carbocycles. The second kappa shape index (κ2) is 6.33. The van der Waals surface area contributed by atoms with Gasteiger partial charge in [0.25, 0.3) is 5.91 Å². The number of rotatable bonds is 4. The molecule has 0 spiro atoms. The summed E-state index contributed by atoms with van der Waals surface area (Å²) in [5.74, 6) is 0.325. The minimum absolute atomic E-state index is 0.230. The van der Waals surface area contributed by atoms with Crippen molar-refractivity contribution in [3.05, 3.63) is 71.6 Å². The number of hydrogen-bond donors (Lipinski definition) is 3. The number of halogens is 1. The molecular weight excluding hydrogens is 340 g/mol. The third-order valence-corrected chi connectivity index (χ3v) is 4.02. The summed E-state index contributed by atoms with van der Waals surface area (Å²) in [6, 6.07) is 16.4. The molecule has 2 aromatic carbocycles. The average Bonchev–Trinajstić information content (AvgIpc) is 3.27. The standard InChI is InChI=1S/C18H13ClN4O2/c19-13-4-1-2-5-14(13)20-11-7-8-12-15(10-11)22-23-17(12)21-18(24)16-6-3-9-25-16/h1-10,20H,(H2,21,22,23,24). The number of carbonyl (C=O) groups excluding carboxylic acids is 1. The van der Waals surface area contributed by atoms with E-state index in [9.17, 15) is 4.79 Å². The first-order chi connectivity index (χ1) is 12.2. The smallest absolute Gasteiger partial charge is 0.292 e. The number of hydrogen-bond acceptors (Lipinski definition) is 4. The zero-order chi connectivity index (χ0) is 17.2. The Bertz CT molecular complexity index is 1040. The number of furan rings is 1. The van der Waals surface area contributed by atoms with Crippen molar-refractivity contribution in [2.75, 3.05) is 10.6 Å². The number of para-hydroxylation sites is 1. The Morgan fingerprint density at radius 1 is 1.12 bits per heavy atom. The number of anilines is 3. The Kier molecular flexibility index (Phi) is 3.87. The highest BCUT2D eigenvalue weighted by Gasteiger charge is 2.13. The van der Waals surface area contributed by atoms with Crippen molar-refractivity contribution in [3.8, 4) is 0 Å². The van der Waals surface area contributed by atoms with Gasteiger partial charge >= 0.3 is 0 Å². The molecule has 0 fully saturated rings. The molecule has 3 N–H and O–H groups in total. The van der Waals surface area contributed by atoms with Gasteiger partial charge in [0.05, 0.1) is 22.5 Å². The number of nitrogens with zero attached hydrogens (tertiary/aromatic N) is 1. The second-order valence-corrected chi connectivity index (χ2v) is 5.78. The Balaban J connectivity index is 1.59. The molecular formula is C18H13ClN4O2. The SMILES string of the molecule is O=C(Nc1n[nH]c2cc(Nc3ccccc3Cl)ccc12)c1ccco1. The van der Waals surface area contributed by atoms with E-state index in [1.165, 1.54) is 6.26 Å². The first-order valence-electron chi connectivity index (χ1n) is 7.55. The van der Waals surface area contributed by atoms with Crippen molar-refractivity contribution in [3.63, 3.8) is 0 Å². The van der Waals surface area contributed by atoms with E-state index in [1.54, 1.807) is 12.1 Å². The van der Waals surface area contributed by atoms with Crippen LogP contribution in [0.3, 0.4) is 0 Å². The largest absolute Gasteiger partial charge is 0.459 e. The maximum Gasteiger partial charge on any atom is 0.292 e. The number of carbonyl (C=O) groups is 1. The fourth-order valence-electron chi connectivity index (χ4n) is 2.49. The highest BCUT2D eigenvalue weighted by molar-refractivity contribution is 6.33. The number of aromatic nitrogens is 2. The molecule has 0 aliphatic heterocycles. The fraction of sp³-hybridized carbons (Fsp3) is 0. The van der Waals surface area contributed by atoms with Crippen molar-refractivity contribution >= 4 is 45.6 Å². The van der Waals surface area contributed by atoms with E-state index in [1.807, 2.05) is 42.5 Å². The Hall–Kier alpha value is -3.25. The molecule has 0 unspecified atom stereocenters. The molecule has 0 radical (unpaired) electrons. The van der Waals surface area contributed by atoms with E-state index >= 15 is 0 Å². The summed E-state index contributed by atoms with van der Waals surface area (Å²) in [6.45, 7) is 0. The van der Waals surface area contributed by atoms with Crippen LogP contribution in [0.5, 0.6) is 0 Å². The molecule has 0 aliphatic rings. The maximum atomic E-state index is 12.1. The van der Waals surface area contributed by atoms with Crippen LogP contribution in [-0.4, -0.2) is 16.1 Å². The predicted molar refractivity (Wildman–Crippen MR) is 97.5 cm³/mol. The topological polar surface area (TPSA) is 83.0 Å². The van der Waals surface area contributed by atoms with Gasteiger partial charge in [-0.25, -0.2) is 0 Å². The first kappa shape index (κ1) is 15.3. The minimum atomic E-state index is -0.350. The van der Waals surface area contributed by atoms with E-state index in [0.717, 1.165) is 22.3 Å². The number of fused-ring (bicyclic) bond motifs is 1. The third kappa shape index (κ3) is 3.07. The van der Waals surface area contributed by atoms with E-state index in [0.29, 0.717) is 10.8 Å². The van der Waals surface area contributed by atoms with Gasteiger partial charge in [-0.05, 0) is 42.5 Å². The fourth-order valence-corrected chi connectivity index (χ4v) is 2.67. The summed E-state index contributed by atoms with van der Waals surface area (Å²) >= 11 is 6.16. The molecule has 4 rings (SSSR count). The van der Waals surface area contributed by atoms with E-state index < -0.39 is 0 Å². The molecule has 0 saturated heterocycles.